The molecule has 0 bridgehead atoms. The van der Waals surface area contributed by atoms with E-state index in [1.165, 1.54) is 29.2 Å². The summed E-state index contributed by atoms with van der Waals surface area (Å²) in [7, 11) is 0. The number of nitrogens with two attached hydrogens (primary N) is 4. The SMILES string of the molecule is CC[C@H](C)[C@@H]1NC(=O)[C@H](Cc2ccc(O)cc2)NC(=O)[C@@H](N)CSCC[C@@H](C(=O)N2CCC[C@H]2C(=O)N[C@@H](CC(C)C)C(=O)NCC(N)=O)NC(=O)[C@H](CC(N)=O)NC(=O)C(CCC(N)=O)NC1=O. The number of aromatic hydroxyl groups is 1. The van der Waals surface area contributed by atoms with Crippen LogP contribution in [-0.2, 0) is 59.2 Å². The number of hydrogen-bond acceptors (Lipinski definition) is 14. The minimum Gasteiger partial charge on any atom is -0.508 e. The van der Waals surface area contributed by atoms with Crippen molar-refractivity contribution in [3.8, 4) is 5.75 Å². The molecule has 382 valence electrons. The molecule has 1 aromatic rings. The fourth-order valence-corrected chi connectivity index (χ4v) is 8.57. The van der Waals surface area contributed by atoms with E-state index >= 15 is 0 Å². The molecule has 69 heavy (non-hydrogen) atoms. The van der Waals surface area contributed by atoms with Crippen LogP contribution in [0.15, 0.2) is 24.3 Å². The van der Waals surface area contributed by atoms with Gasteiger partial charge >= 0.3 is 0 Å². The van der Waals surface area contributed by atoms with Crippen LogP contribution < -0.4 is 60.2 Å². The highest BCUT2D eigenvalue weighted by Crippen LogP contribution is 2.22. The Morgan fingerprint density at radius 2 is 1.42 bits per heavy atom. The van der Waals surface area contributed by atoms with E-state index in [0.717, 1.165) is 11.8 Å². The zero-order valence-electron chi connectivity index (χ0n) is 39.4. The van der Waals surface area contributed by atoms with Gasteiger partial charge in [-0.25, -0.2) is 0 Å². The second-order valence-electron chi connectivity index (χ2n) is 17.7. The number of nitrogens with one attached hydrogen (secondary N) is 7. The Hall–Kier alpha value is -6.50. The molecular weight excluding hydrogens is 921 g/mol. The fourth-order valence-electron chi connectivity index (χ4n) is 7.60. The lowest BCUT2D eigenvalue weighted by molar-refractivity contribution is -0.142. The minimum atomic E-state index is -1.74. The molecule has 3 rings (SSSR count). The summed E-state index contributed by atoms with van der Waals surface area (Å²) in [6.07, 6.45) is -0.798. The molecular formula is C44H68N12O12S. The molecule has 0 aliphatic carbocycles. The second kappa shape index (κ2) is 27.5. The van der Waals surface area contributed by atoms with Gasteiger partial charge in [-0.15, -0.1) is 0 Å². The summed E-state index contributed by atoms with van der Waals surface area (Å²) < 4.78 is 0. The summed E-state index contributed by atoms with van der Waals surface area (Å²) in [6, 6.07) is -4.94. The topological polar surface area (TPSA) is 400 Å². The monoisotopic (exact) mass is 988 g/mol. The van der Waals surface area contributed by atoms with Crippen molar-refractivity contribution >= 4 is 76.7 Å². The van der Waals surface area contributed by atoms with Crippen LogP contribution in [0, 0.1) is 11.8 Å². The predicted octanol–water partition coefficient (Wildman–Crippen LogP) is -3.87. The van der Waals surface area contributed by atoms with Crippen LogP contribution in [0.1, 0.15) is 84.6 Å². The third kappa shape index (κ3) is 18.5. The molecule has 1 aromatic carbocycles. The van der Waals surface area contributed by atoms with Crippen molar-refractivity contribution in [2.75, 3.05) is 24.6 Å². The van der Waals surface area contributed by atoms with Crippen molar-refractivity contribution in [3.63, 3.8) is 0 Å². The minimum absolute atomic E-state index is 0.0444. The Morgan fingerprint density at radius 1 is 0.797 bits per heavy atom. The van der Waals surface area contributed by atoms with Gasteiger partial charge in [0.15, 0.2) is 0 Å². The van der Waals surface area contributed by atoms with Crippen LogP contribution in [0.25, 0.3) is 0 Å². The van der Waals surface area contributed by atoms with Crippen molar-refractivity contribution in [2.45, 2.75) is 134 Å². The van der Waals surface area contributed by atoms with Crippen molar-refractivity contribution in [1.29, 1.82) is 0 Å². The summed E-state index contributed by atoms with van der Waals surface area (Å²) in [5.74, 6) is -9.97. The maximum absolute atomic E-state index is 14.5. The van der Waals surface area contributed by atoms with Crippen LogP contribution in [0.2, 0.25) is 0 Å². The van der Waals surface area contributed by atoms with Gasteiger partial charge in [-0.05, 0) is 67.4 Å². The van der Waals surface area contributed by atoms with Crippen molar-refractivity contribution in [3.05, 3.63) is 29.8 Å². The van der Waals surface area contributed by atoms with E-state index in [4.69, 9.17) is 22.9 Å². The third-order valence-electron chi connectivity index (χ3n) is 11.6. The van der Waals surface area contributed by atoms with Gasteiger partial charge in [0.05, 0.1) is 19.0 Å². The number of thioether (sulfide) groups is 1. The lowest BCUT2D eigenvalue weighted by Crippen LogP contribution is -2.61. The molecule has 0 saturated carbocycles. The number of carbonyl (C=O) groups excluding carboxylic acids is 11. The Bertz CT molecular complexity index is 2040. The molecule has 2 fully saturated rings. The average molecular weight is 989 g/mol. The molecule has 0 radical (unpaired) electrons. The number of nitrogens with zero attached hydrogens (tertiary/aromatic N) is 1. The van der Waals surface area contributed by atoms with Gasteiger partial charge < -0.3 is 70.2 Å². The summed E-state index contributed by atoms with van der Waals surface area (Å²) in [6.45, 7) is 6.62. The van der Waals surface area contributed by atoms with Crippen LogP contribution in [0.5, 0.6) is 5.75 Å². The van der Waals surface area contributed by atoms with Gasteiger partial charge in [-0.2, -0.15) is 11.8 Å². The first kappa shape index (κ1) is 56.8. The largest absolute Gasteiger partial charge is 0.508 e. The molecule has 16 N–H and O–H groups in total. The normalized spacial score (nSPS) is 24.3. The van der Waals surface area contributed by atoms with Crippen molar-refractivity contribution in [1.82, 2.24) is 42.1 Å². The quantitative estimate of drug-likeness (QED) is 0.0711. The molecule has 9 atom stereocenters. The van der Waals surface area contributed by atoms with Crippen LogP contribution >= 0.6 is 11.8 Å². The van der Waals surface area contributed by atoms with Gasteiger partial charge in [-0.3, -0.25) is 52.7 Å². The number of amides is 11. The fraction of sp³-hybridized carbons (Fsp3) is 0.614. The lowest BCUT2D eigenvalue weighted by Gasteiger charge is -2.31. The van der Waals surface area contributed by atoms with Crippen LogP contribution in [0.3, 0.4) is 0 Å². The van der Waals surface area contributed by atoms with Gasteiger partial charge in [0.25, 0.3) is 0 Å². The molecule has 1 unspecified atom stereocenters. The van der Waals surface area contributed by atoms with E-state index in [9.17, 15) is 57.8 Å². The smallest absolute Gasteiger partial charge is 0.245 e. The second-order valence-corrected chi connectivity index (χ2v) is 18.8. The zero-order chi connectivity index (χ0) is 51.5. The van der Waals surface area contributed by atoms with Crippen molar-refractivity contribution in [2.24, 2.45) is 34.8 Å². The highest BCUT2D eigenvalue weighted by atomic mass is 32.2. The van der Waals surface area contributed by atoms with Crippen LogP contribution in [0.4, 0.5) is 0 Å². The molecule has 2 aliphatic heterocycles. The Balaban J connectivity index is 2.05. The molecule has 24 nitrogen and oxygen atoms in total. The van der Waals surface area contributed by atoms with Crippen LogP contribution in [-0.4, -0.2) is 148 Å². The molecule has 0 aromatic heterocycles. The molecule has 2 heterocycles. The molecule has 2 saturated heterocycles. The van der Waals surface area contributed by atoms with E-state index in [1.54, 1.807) is 13.8 Å². The molecule has 2 aliphatic rings. The highest BCUT2D eigenvalue weighted by Gasteiger charge is 2.41. The van der Waals surface area contributed by atoms with Gasteiger partial charge in [0.2, 0.25) is 65.0 Å². The first-order valence-corrected chi connectivity index (χ1v) is 24.0. The predicted molar refractivity (Wildman–Crippen MR) is 251 cm³/mol. The van der Waals surface area contributed by atoms with E-state index in [1.807, 2.05) is 13.8 Å². The van der Waals surface area contributed by atoms with Gasteiger partial charge in [0.1, 0.15) is 48.0 Å². The molecule has 11 amide bonds. The summed E-state index contributed by atoms with van der Waals surface area (Å²) in [5.41, 5.74) is 23.0. The Morgan fingerprint density at radius 3 is 2.03 bits per heavy atom. The first-order valence-electron chi connectivity index (χ1n) is 22.9. The third-order valence-corrected chi connectivity index (χ3v) is 12.7. The number of phenols is 1. The standard InChI is InChI=1S/C44H68N12O12S/c1-5-23(4)36-43(67)50-27(12-13-33(46)58)39(63)53-31(19-34(47)59)40(64)51-28(14-16-69-21-26(45)37(61)52-30(41(65)55-36)18-24-8-10-25(57)11-9-24)44(68)56-15-6-7-32(56)42(66)54-29(17-22(2)3)38(62)49-20-35(48)60/h8-11,22-23,26-32,36,57H,5-7,12-21,45H2,1-4H3,(H2,46,58)(H2,47,59)(H2,48,60)(H,49,62)(H,50,67)(H,51,64)(H,52,61)(H,53,63)(H,54,66)(H,55,65)/t23-,26-,27?,28-,29-,30-,31-,32-,36-/m0/s1. The van der Waals surface area contributed by atoms with E-state index in [-0.39, 0.29) is 55.4 Å². The number of rotatable bonds is 17. The molecule has 0 spiro atoms. The Labute approximate surface area is 404 Å². The number of likely N-dealkylation sites (tertiary alicyclic amines) is 1. The van der Waals surface area contributed by atoms with Gasteiger partial charge in [0, 0.05) is 25.1 Å². The van der Waals surface area contributed by atoms with E-state index < -0.39 is 145 Å². The summed E-state index contributed by atoms with van der Waals surface area (Å²) >= 11 is 1.12. The zero-order valence-corrected chi connectivity index (χ0v) is 40.2. The number of phenolic OH excluding ortho intramolecular Hbond substituents is 1. The Kier molecular flexibility index (Phi) is 22.6. The number of primary amides is 3. The number of hydrogen-bond donors (Lipinski definition) is 12. The average Bonchev–Trinajstić information content (AvgIpc) is 3.78. The summed E-state index contributed by atoms with van der Waals surface area (Å²) in [5, 5.41) is 27.7. The van der Waals surface area contributed by atoms with Crippen molar-refractivity contribution < 1.29 is 57.8 Å². The maximum atomic E-state index is 14.5. The maximum Gasteiger partial charge on any atom is 0.245 e. The number of benzene rings is 1. The number of carbonyl (C=O) groups is 11. The summed E-state index contributed by atoms with van der Waals surface area (Å²) in [4.78, 5) is 148. The first-order chi connectivity index (χ1) is 32.5. The lowest BCUT2D eigenvalue weighted by atomic mass is 9.96. The van der Waals surface area contributed by atoms with Gasteiger partial charge in [-0.1, -0.05) is 46.2 Å². The van der Waals surface area contributed by atoms with E-state index in [0.29, 0.717) is 18.4 Å². The highest BCUT2D eigenvalue weighted by molar-refractivity contribution is 7.99. The van der Waals surface area contributed by atoms with E-state index in [2.05, 4.69) is 37.2 Å². The molecule has 25 heteroatoms.